The van der Waals surface area contributed by atoms with Gasteiger partial charge in [-0.1, -0.05) is 24.3 Å². The number of hydrogen-bond acceptors (Lipinski definition) is 8. The van der Waals surface area contributed by atoms with Crippen molar-refractivity contribution in [3.8, 4) is 23.0 Å². The van der Waals surface area contributed by atoms with Crippen LogP contribution in [0.15, 0.2) is 66.7 Å². The maximum Gasteiger partial charge on any atom is 0.199 e. The van der Waals surface area contributed by atoms with Crippen LogP contribution in [0.2, 0.25) is 0 Å². The second kappa shape index (κ2) is 14.4. The molecule has 0 aliphatic carbocycles. The molecule has 4 atom stereocenters. The Morgan fingerprint density at radius 2 is 1.39 bits per heavy atom. The molecule has 0 bridgehead atoms. The van der Waals surface area contributed by atoms with Crippen molar-refractivity contribution in [1.82, 2.24) is 4.90 Å². The molecule has 0 spiro atoms. The molecule has 46 heavy (non-hydrogen) atoms. The SMILES string of the molecule is O=C1c2ccc(OC3CCCCO3)cc2OC(c2ccc(OCCN3CC(CF)C3)cc2)C1c1ccc(OC2CCCCO2)cc1. The Balaban J connectivity index is 1.10. The van der Waals surface area contributed by atoms with Crippen LogP contribution in [-0.2, 0) is 9.47 Å². The van der Waals surface area contributed by atoms with Crippen LogP contribution in [0, 0.1) is 5.92 Å². The van der Waals surface area contributed by atoms with Crippen LogP contribution in [0.4, 0.5) is 4.39 Å². The van der Waals surface area contributed by atoms with E-state index in [0.29, 0.717) is 42.6 Å². The van der Waals surface area contributed by atoms with Crippen molar-refractivity contribution >= 4 is 5.78 Å². The van der Waals surface area contributed by atoms with E-state index in [0.717, 1.165) is 75.0 Å². The van der Waals surface area contributed by atoms with Gasteiger partial charge in [0.15, 0.2) is 18.4 Å². The number of ether oxygens (including phenoxy) is 6. The first-order valence-corrected chi connectivity index (χ1v) is 16.7. The van der Waals surface area contributed by atoms with Crippen LogP contribution in [0.25, 0.3) is 0 Å². The van der Waals surface area contributed by atoms with Crippen molar-refractivity contribution in [3.05, 3.63) is 83.4 Å². The van der Waals surface area contributed by atoms with Gasteiger partial charge in [-0.2, -0.15) is 0 Å². The number of carbonyl (C=O) groups excluding carboxylic acids is 1. The van der Waals surface area contributed by atoms with Crippen LogP contribution >= 0.6 is 0 Å². The third-order valence-corrected chi connectivity index (χ3v) is 9.24. The summed E-state index contributed by atoms with van der Waals surface area (Å²) in [5.41, 5.74) is 2.23. The summed E-state index contributed by atoms with van der Waals surface area (Å²) in [7, 11) is 0. The second-order valence-corrected chi connectivity index (χ2v) is 12.6. The van der Waals surface area contributed by atoms with Gasteiger partial charge in [-0.05, 0) is 73.2 Å². The molecule has 9 heteroatoms. The van der Waals surface area contributed by atoms with E-state index in [4.69, 9.17) is 28.4 Å². The molecule has 0 N–H and O–H groups in total. The van der Waals surface area contributed by atoms with Crippen LogP contribution in [0.3, 0.4) is 0 Å². The number of fused-ring (bicyclic) bond motifs is 1. The highest BCUT2D eigenvalue weighted by molar-refractivity contribution is 6.05. The van der Waals surface area contributed by atoms with Gasteiger partial charge in [0, 0.05) is 44.5 Å². The first-order valence-electron chi connectivity index (χ1n) is 16.7. The van der Waals surface area contributed by atoms with Crippen LogP contribution in [0.1, 0.15) is 72.0 Å². The number of carbonyl (C=O) groups is 1. The zero-order valence-electron chi connectivity index (χ0n) is 26.1. The summed E-state index contributed by atoms with van der Waals surface area (Å²) in [5.74, 6) is 2.14. The molecule has 3 aromatic rings. The number of Topliss-reactive ketones (excluding diaryl/α,β-unsaturated/α-hetero) is 1. The summed E-state index contributed by atoms with van der Waals surface area (Å²) in [6.45, 7) is 4.01. The van der Waals surface area contributed by atoms with E-state index in [1.165, 1.54) is 0 Å². The van der Waals surface area contributed by atoms with Gasteiger partial charge in [-0.3, -0.25) is 14.1 Å². The Hall–Kier alpha value is -3.66. The molecule has 4 aliphatic rings. The van der Waals surface area contributed by atoms with Gasteiger partial charge < -0.3 is 28.4 Å². The van der Waals surface area contributed by atoms with Gasteiger partial charge >= 0.3 is 0 Å². The normalized spacial score (nSPS) is 25.2. The van der Waals surface area contributed by atoms with Crippen molar-refractivity contribution in [2.24, 2.45) is 5.92 Å². The molecule has 3 aromatic carbocycles. The predicted molar refractivity (Wildman–Crippen MR) is 170 cm³/mol. The Labute approximate surface area is 269 Å². The fourth-order valence-corrected chi connectivity index (χ4v) is 6.64. The lowest BCUT2D eigenvalue weighted by Gasteiger charge is -2.37. The number of rotatable bonds is 11. The van der Waals surface area contributed by atoms with E-state index >= 15 is 0 Å². The quantitative estimate of drug-likeness (QED) is 0.227. The summed E-state index contributed by atoms with van der Waals surface area (Å²) in [6.07, 6.45) is 4.83. The lowest BCUT2D eigenvalue weighted by molar-refractivity contribution is -0.106. The van der Waals surface area contributed by atoms with Crippen molar-refractivity contribution < 1.29 is 37.6 Å². The molecule has 4 heterocycles. The third-order valence-electron chi connectivity index (χ3n) is 9.24. The van der Waals surface area contributed by atoms with Crippen molar-refractivity contribution in [2.45, 2.75) is 63.1 Å². The molecule has 3 fully saturated rings. The average molecular weight is 632 g/mol. The molecule has 8 nitrogen and oxygen atoms in total. The number of likely N-dealkylation sites (tertiary alicyclic amines) is 1. The highest BCUT2D eigenvalue weighted by Crippen LogP contribution is 2.45. The molecule has 3 saturated heterocycles. The first kappa shape index (κ1) is 31.0. The monoisotopic (exact) mass is 631 g/mol. The molecule has 4 aliphatic heterocycles. The summed E-state index contributed by atoms with van der Waals surface area (Å²) in [6, 6.07) is 20.9. The highest BCUT2D eigenvalue weighted by atomic mass is 19.1. The van der Waals surface area contributed by atoms with Gasteiger partial charge in [0.25, 0.3) is 0 Å². The molecule has 0 amide bonds. The molecule has 0 saturated carbocycles. The minimum atomic E-state index is -0.567. The lowest BCUT2D eigenvalue weighted by Crippen LogP contribution is -2.49. The molecule has 0 aromatic heterocycles. The maximum absolute atomic E-state index is 14.2. The largest absolute Gasteiger partial charge is 0.492 e. The number of alkyl halides is 1. The Morgan fingerprint density at radius 1 is 0.761 bits per heavy atom. The topological polar surface area (TPSA) is 75.7 Å². The van der Waals surface area contributed by atoms with Crippen LogP contribution in [0.5, 0.6) is 23.0 Å². The number of ketones is 1. The van der Waals surface area contributed by atoms with E-state index < -0.39 is 12.0 Å². The van der Waals surface area contributed by atoms with Gasteiger partial charge in [-0.25, -0.2) is 0 Å². The van der Waals surface area contributed by atoms with E-state index in [1.807, 2.05) is 54.6 Å². The smallest absolute Gasteiger partial charge is 0.199 e. The zero-order valence-corrected chi connectivity index (χ0v) is 26.1. The number of benzene rings is 3. The summed E-state index contributed by atoms with van der Waals surface area (Å²) in [5, 5.41) is 0. The fourth-order valence-electron chi connectivity index (χ4n) is 6.64. The van der Waals surface area contributed by atoms with Gasteiger partial charge in [-0.15, -0.1) is 0 Å². The summed E-state index contributed by atoms with van der Waals surface area (Å²) in [4.78, 5) is 16.4. The van der Waals surface area contributed by atoms with Gasteiger partial charge in [0.05, 0.1) is 31.4 Å². The van der Waals surface area contributed by atoms with Crippen molar-refractivity contribution in [2.75, 3.05) is 46.1 Å². The van der Waals surface area contributed by atoms with Gasteiger partial charge in [0.2, 0.25) is 0 Å². The Morgan fingerprint density at radius 3 is 2.04 bits per heavy atom. The molecule has 244 valence electrons. The standard InChI is InChI=1S/C37H42FNO7/c38-22-25-23-39(24-25)17-20-41-28-11-9-27(10-12-28)37-35(26-7-13-29(14-8-26)44-33-5-1-3-18-42-33)36(40)31-16-15-30(21-32(31)46-37)45-34-6-2-4-19-43-34/h7-16,21,25,33-35,37H,1-6,17-20,22-24H2. The molecule has 7 rings (SSSR count). The number of nitrogens with zero attached hydrogens (tertiary/aromatic N) is 1. The van der Waals surface area contributed by atoms with E-state index in [9.17, 15) is 9.18 Å². The van der Waals surface area contributed by atoms with Gasteiger partial charge in [0.1, 0.15) is 35.7 Å². The molecule has 4 unspecified atom stereocenters. The summed E-state index contributed by atoms with van der Waals surface area (Å²) >= 11 is 0. The number of halogens is 1. The summed E-state index contributed by atoms with van der Waals surface area (Å²) < 4.78 is 49.0. The zero-order chi connectivity index (χ0) is 31.3. The van der Waals surface area contributed by atoms with Crippen molar-refractivity contribution in [1.29, 1.82) is 0 Å². The van der Waals surface area contributed by atoms with E-state index in [2.05, 4.69) is 4.90 Å². The van der Waals surface area contributed by atoms with E-state index in [-0.39, 0.29) is 31.0 Å². The highest BCUT2D eigenvalue weighted by Gasteiger charge is 2.40. The molecular weight excluding hydrogens is 589 g/mol. The minimum Gasteiger partial charge on any atom is -0.492 e. The fraction of sp³-hybridized carbons (Fsp3) is 0.486. The first-order chi connectivity index (χ1) is 22.6. The third kappa shape index (κ3) is 7.17. The number of hydrogen-bond donors (Lipinski definition) is 0. The predicted octanol–water partition coefficient (Wildman–Crippen LogP) is 6.88. The minimum absolute atomic E-state index is 0.0162. The molecular formula is C37H42FNO7. The van der Waals surface area contributed by atoms with E-state index in [1.54, 1.807) is 12.1 Å². The van der Waals surface area contributed by atoms with Crippen LogP contribution < -0.4 is 18.9 Å². The Bertz CT molecular complexity index is 1450. The Kier molecular flexibility index (Phi) is 9.70. The molecule has 0 radical (unpaired) electrons. The maximum atomic E-state index is 14.2. The second-order valence-electron chi connectivity index (χ2n) is 12.6. The van der Waals surface area contributed by atoms with Crippen LogP contribution in [-0.4, -0.2) is 69.4 Å². The van der Waals surface area contributed by atoms with Crippen molar-refractivity contribution in [3.63, 3.8) is 0 Å². The lowest BCUT2D eigenvalue weighted by atomic mass is 9.81. The average Bonchev–Trinajstić information content (AvgIpc) is 3.07.